The molecule has 0 spiro atoms. The fourth-order valence-corrected chi connectivity index (χ4v) is 3.43. The van der Waals surface area contributed by atoms with Crippen LogP contribution in [-0.4, -0.2) is 87.5 Å². The molecular weight excluding hydrogens is 382 g/mol. The summed E-state index contributed by atoms with van der Waals surface area (Å²) in [4.78, 5) is 11.5. The quantitative estimate of drug-likeness (QED) is 0.211. The summed E-state index contributed by atoms with van der Waals surface area (Å²) < 4.78 is 10.8. The van der Waals surface area contributed by atoms with Gasteiger partial charge in [-0.25, -0.2) is 0 Å². The number of hydrogen-bond donors (Lipinski definition) is 6. The van der Waals surface area contributed by atoms with E-state index in [0.717, 1.165) is 19.3 Å². The molecule has 0 aliphatic carbocycles. The van der Waals surface area contributed by atoms with Gasteiger partial charge >= 0.3 is 0 Å². The molecule has 1 amide bonds. The highest BCUT2D eigenvalue weighted by molar-refractivity contribution is 5.73. The van der Waals surface area contributed by atoms with Gasteiger partial charge in [-0.05, 0) is 6.42 Å². The van der Waals surface area contributed by atoms with E-state index in [0.29, 0.717) is 6.42 Å². The number of ether oxygens (including phenoxy) is 2. The Morgan fingerprint density at radius 2 is 1.66 bits per heavy atom. The molecule has 0 aromatic heterocycles. The lowest BCUT2D eigenvalue weighted by Gasteiger charge is -2.40. The van der Waals surface area contributed by atoms with Gasteiger partial charge in [-0.3, -0.25) is 4.79 Å². The zero-order chi connectivity index (χ0) is 21.8. The van der Waals surface area contributed by atoms with Crippen molar-refractivity contribution >= 4 is 5.91 Å². The molecule has 0 saturated carbocycles. The second-order valence-electron chi connectivity index (χ2n) is 7.81. The predicted octanol–water partition coefficient (Wildman–Crippen LogP) is -0.191. The summed E-state index contributed by atoms with van der Waals surface area (Å²) in [6.07, 6.45) is 0.536. The van der Waals surface area contributed by atoms with Crippen LogP contribution in [0.15, 0.2) is 0 Å². The fraction of sp³-hybridized carbons (Fsp3) is 0.950. The minimum atomic E-state index is -1.54. The zero-order valence-corrected chi connectivity index (χ0v) is 17.6. The van der Waals surface area contributed by atoms with E-state index in [9.17, 15) is 30.3 Å². The number of carbonyl (C=O) groups is 1. The van der Waals surface area contributed by atoms with Crippen molar-refractivity contribution in [3.05, 3.63) is 0 Å². The maximum absolute atomic E-state index is 11.5. The SMILES string of the molecule is CCCCCCCCCC(O)C(COC1OC(CO)C(O)C(O)C1O)NC(C)=O. The largest absolute Gasteiger partial charge is 0.394 e. The first-order chi connectivity index (χ1) is 13.8. The Hall–Kier alpha value is -0.810. The number of amides is 1. The molecule has 172 valence electrons. The van der Waals surface area contributed by atoms with Crippen molar-refractivity contribution in [3.63, 3.8) is 0 Å². The van der Waals surface area contributed by atoms with Crippen LogP contribution in [-0.2, 0) is 14.3 Å². The number of carbonyl (C=O) groups excluding carboxylic acids is 1. The van der Waals surface area contributed by atoms with Crippen molar-refractivity contribution in [1.82, 2.24) is 5.32 Å². The van der Waals surface area contributed by atoms with Crippen LogP contribution in [0, 0.1) is 0 Å². The van der Waals surface area contributed by atoms with Crippen LogP contribution >= 0.6 is 0 Å². The molecule has 29 heavy (non-hydrogen) atoms. The Morgan fingerprint density at radius 3 is 2.24 bits per heavy atom. The molecular formula is C20H39NO8. The lowest BCUT2D eigenvalue weighted by atomic mass is 9.99. The number of aliphatic hydroxyl groups excluding tert-OH is 5. The van der Waals surface area contributed by atoms with E-state index in [1.54, 1.807) is 0 Å². The number of rotatable bonds is 14. The van der Waals surface area contributed by atoms with E-state index in [4.69, 9.17) is 9.47 Å². The normalized spacial score (nSPS) is 29.4. The van der Waals surface area contributed by atoms with Crippen molar-refractivity contribution in [3.8, 4) is 0 Å². The molecule has 0 radical (unpaired) electrons. The lowest BCUT2D eigenvalue weighted by molar-refractivity contribution is -0.302. The minimum absolute atomic E-state index is 0.153. The zero-order valence-electron chi connectivity index (χ0n) is 17.6. The Balaban J connectivity index is 2.48. The summed E-state index contributed by atoms with van der Waals surface area (Å²) in [6.45, 7) is 2.80. The van der Waals surface area contributed by atoms with Crippen LogP contribution in [0.5, 0.6) is 0 Å². The van der Waals surface area contributed by atoms with Crippen LogP contribution < -0.4 is 5.32 Å². The summed E-state index contributed by atoms with van der Waals surface area (Å²) in [5, 5.41) is 52.0. The highest BCUT2D eigenvalue weighted by Gasteiger charge is 2.44. The molecule has 1 fully saturated rings. The lowest BCUT2D eigenvalue weighted by Crippen LogP contribution is -2.60. The van der Waals surface area contributed by atoms with Gasteiger partial charge in [-0.1, -0.05) is 51.9 Å². The van der Waals surface area contributed by atoms with Gasteiger partial charge in [-0.2, -0.15) is 0 Å². The van der Waals surface area contributed by atoms with Crippen LogP contribution in [0.4, 0.5) is 0 Å². The first kappa shape index (κ1) is 26.2. The Labute approximate surface area is 173 Å². The van der Waals surface area contributed by atoms with E-state index in [-0.39, 0.29) is 12.5 Å². The van der Waals surface area contributed by atoms with Crippen molar-refractivity contribution in [2.45, 2.75) is 108 Å². The van der Waals surface area contributed by atoms with Gasteiger partial charge in [0, 0.05) is 6.92 Å². The minimum Gasteiger partial charge on any atom is -0.394 e. The van der Waals surface area contributed by atoms with Crippen LogP contribution in [0.3, 0.4) is 0 Å². The molecule has 0 bridgehead atoms. The average molecular weight is 422 g/mol. The van der Waals surface area contributed by atoms with Crippen molar-refractivity contribution < 1.29 is 39.8 Å². The topological polar surface area (TPSA) is 149 Å². The summed E-state index contributed by atoms with van der Waals surface area (Å²) in [5.74, 6) is -0.328. The fourth-order valence-electron chi connectivity index (χ4n) is 3.43. The van der Waals surface area contributed by atoms with Crippen LogP contribution in [0.1, 0.15) is 65.2 Å². The molecule has 1 heterocycles. The van der Waals surface area contributed by atoms with E-state index in [1.807, 2.05) is 0 Å². The molecule has 7 atom stereocenters. The molecule has 1 aliphatic rings. The molecule has 9 heteroatoms. The first-order valence-electron chi connectivity index (χ1n) is 10.7. The van der Waals surface area contributed by atoms with E-state index in [1.165, 1.54) is 32.6 Å². The Kier molecular flexibility index (Phi) is 12.9. The van der Waals surface area contributed by atoms with Crippen molar-refractivity contribution in [2.75, 3.05) is 13.2 Å². The van der Waals surface area contributed by atoms with Crippen molar-refractivity contribution in [2.24, 2.45) is 0 Å². The predicted molar refractivity (Wildman–Crippen MR) is 106 cm³/mol. The average Bonchev–Trinajstić information content (AvgIpc) is 2.69. The van der Waals surface area contributed by atoms with Crippen LogP contribution in [0.2, 0.25) is 0 Å². The Bertz CT molecular complexity index is 450. The first-order valence-corrected chi connectivity index (χ1v) is 10.7. The highest BCUT2D eigenvalue weighted by Crippen LogP contribution is 2.22. The molecule has 1 aliphatic heterocycles. The third kappa shape index (κ3) is 9.25. The maximum atomic E-state index is 11.5. The molecule has 9 nitrogen and oxygen atoms in total. The monoisotopic (exact) mass is 421 g/mol. The maximum Gasteiger partial charge on any atom is 0.217 e. The molecule has 7 unspecified atom stereocenters. The van der Waals surface area contributed by atoms with Gasteiger partial charge in [0.05, 0.1) is 25.4 Å². The van der Waals surface area contributed by atoms with Crippen LogP contribution in [0.25, 0.3) is 0 Å². The van der Waals surface area contributed by atoms with E-state index in [2.05, 4.69) is 12.2 Å². The van der Waals surface area contributed by atoms with Gasteiger partial charge in [0.1, 0.15) is 24.4 Å². The molecule has 1 saturated heterocycles. The highest BCUT2D eigenvalue weighted by atomic mass is 16.7. The van der Waals surface area contributed by atoms with Gasteiger partial charge in [0.15, 0.2) is 6.29 Å². The smallest absolute Gasteiger partial charge is 0.217 e. The molecule has 6 N–H and O–H groups in total. The van der Waals surface area contributed by atoms with Gasteiger partial charge in [-0.15, -0.1) is 0 Å². The summed E-state index contributed by atoms with van der Waals surface area (Å²) in [5.41, 5.74) is 0. The molecule has 0 aromatic carbocycles. The number of aliphatic hydroxyl groups is 5. The number of unbranched alkanes of at least 4 members (excludes halogenated alkanes) is 6. The third-order valence-corrected chi connectivity index (χ3v) is 5.25. The second kappa shape index (κ2) is 14.2. The third-order valence-electron chi connectivity index (χ3n) is 5.25. The second-order valence-corrected chi connectivity index (χ2v) is 7.81. The summed E-state index contributed by atoms with van der Waals surface area (Å²) >= 11 is 0. The summed E-state index contributed by atoms with van der Waals surface area (Å²) in [6, 6.07) is -0.708. The molecule has 1 rings (SSSR count). The van der Waals surface area contributed by atoms with E-state index >= 15 is 0 Å². The van der Waals surface area contributed by atoms with Crippen molar-refractivity contribution in [1.29, 1.82) is 0 Å². The van der Waals surface area contributed by atoms with Gasteiger partial charge in [0.25, 0.3) is 0 Å². The standard InChI is InChI=1S/C20H39NO8/c1-3-4-5-6-7-8-9-10-15(24)14(21-13(2)23)12-28-20-19(27)18(26)17(25)16(11-22)29-20/h14-20,22,24-27H,3-12H2,1-2H3,(H,21,23). The number of hydrogen-bond acceptors (Lipinski definition) is 8. The molecule has 0 aromatic rings. The van der Waals surface area contributed by atoms with Gasteiger partial charge in [0.2, 0.25) is 5.91 Å². The number of nitrogens with one attached hydrogen (secondary N) is 1. The summed E-state index contributed by atoms with van der Waals surface area (Å²) in [7, 11) is 0. The van der Waals surface area contributed by atoms with E-state index < -0.39 is 49.5 Å². The van der Waals surface area contributed by atoms with Gasteiger partial charge < -0.3 is 40.3 Å². The Morgan fingerprint density at radius 1 is 1.03 bits per heavy atom.